The molecule has 2 aliphatic heterocycles. The molecule has 12 heteroatoms. The van der Waals surface area contributed by atoms with E-state index in [0.717, 1.165) is 16.8 Å². The largest absolute Gasteiger partial charge is 0.475 e. The fourth-order valence-corrected chi connectivity index (χ4v) is 5.67. The third-order valence-electron chi connectivity index (χ3n) is 3.47. The van der Waals surface area contributed by atoms with Gasteiger partial charge in [0.25, 0.3) is 5.56 Å². The minimum Gasteiger partial charge on any atom is -0.387 e. The van der Waals surface area contributed by atoms with E-state index < -0.39 is 54.4 Å². The minimum atomic E-state index is -4.02. The van der Waals surface area contributed by atoms with Gasteiger partial charge in [0.2, 0.25) is 5.00 Å². The van der Waals surface area contributed by atoms with E-state index in [9.17, 15) is 19.3 Å². The van der Waals surface area contributed by atoms with Crippen molar-refractivity contribution in [3.05, 3.63) is 33.1 Å². The van der Waals surface area contributed by atoms with E-state index >= 15 is 4.39 Å². The number of fused-ring (bicyclic) bond motifs is 1. The first kappa shape index (κ1) is 17.8. The van der Waals surface area contributed by atoms with Crippen molar-refractivity contribution in [1.82, 2.24) is 9.55 Å². The van der Waals surface area contributed by atoms with Gasteiger partial charge < -0.3 is 5.11 Å². The predicted octanol–water partition coefficient (Wildman–Crippen LogP) is 0.757. The van der Waals surface area contributed by atoms with Gasteiger partial charge in [0, 0.05) is 12.3 Å². The van der Waals surface area contributed by atoms with Crippen molar-refractivity contribution in [1.29, 1.82) is 0 Å². The van der Waals surface area contributed by atoms with Crippen LogP contribution < -0.4 is 11.2 Å². The van der Waals surface area contributed by atoms with Crippen molar-refractivity contribution < 1.29 is 27.6 Å². The summed E-state index contributed by atoms with van der Waals surface area (Å²) < 4.78 is 43.5. The first-order valence-corrected chi connectivity index (χ1v) is 9.45. The van der Waals surface area contributed by atoms with Crippen LogP contribution in [0.15, 0.2) is 21.9 Å². The number of hydrogen-bond acceptors (Lipinski definition) is 8. The lowest BCUT2D eigenvalue weighted by atomic mass is 10.1. The number of phosphoric acid groups is 1. The molecule has 3 unspecified atom stereocenters. The molecule has 2 N–H and O–H groups in total. The van der Waals surface area contributed by atoms with Gasteiger partial charge in [-0.3, -0.25) is 27.9 Å². The minimum absolute atomic E-state index is 0.494. The molecule has 1 aromatic rings. The van der Waals surface area contributed by atoms with Crippen molar-refractivity contribution in [2.75, 3.05) is 6.61 Å². The van der Waals surface area contributed by atoms with Crippen LogP contribution in [0.1, 0.15) is 19.2 Å². The van der Waals surface area contributed by atoms with E-state index in [2.05, 4.69) is 0 Å². The fourth-order valence-electron chi connectivity index (χ4n) is 2.50. The smallest absolute Gasteiger partial charge is 0.387 e. The second-order valence-electron chi connectivity index (χ2n) is 5.70. The highest BCUT2D eigenvalue weighted by molar-refractivity contribution is 8.01. The number of H-pyrrole nitrogens is 1. The molecule has 24 heavy (non-hydrogen) atoms. The Bertz CT molecular complexity index is 798. The number of aliphatic hydroxyl groups excluding tert-OH is 1. The normalized spacial score (nSPS) is 39.1. The highest BCUT2D eigenvalue weighted by Crippen LogP contribution is 2.64. The summed E-state index contributed by atoms with van der Waals surface area (Å²) >= 11 is 0.595. The van der Waals surface area contributed by atoms with E-state index in [1.807, 2.05) is 4.98 Å². The number of hydrogen-bond donors (Lipinski definition) is 2. The van der Waals surface area contributed by atoms with E-state index in [0.29, 0.717) is 11.8 Å². The van der Waals surface area contributed by atoms with E-state index in [1.54, 1.807) is 13.8 Å². The highest BCUT2D eigenvalue weighted by Gasteiger charge is 2.63. The quantitative estimate of drug-likeness (QED) is 0.735. The molecule has 1 aromatic heterocycles. The number of rotatable bonds is 3. The predicted molar refractivity (Wildman–Crippen MR) is 82.4 cm³/mol. The number of aromatic amines is 1. The Morgan fingerprint density at radius 2 is 2.29 bits per heavy atom. The third kappa shape index (κ3) is 3.12. The van der Waals surface area contributed by atoms with Gasteiger partial charge in [-0.05, 0) is 13.8 Å². The van der Waals surface area contributed by atoms with Crippen LogP contribution in [0.25, 0.3) is 0 Å². The van der Waals surface area contributed by atoms with Gasteiger partial charge in [-0.25, -0.2) is 13.8 Å². The van der Waals surface area contributed by atoms with Gasteiger partial charge in [0.05, 0.1) is 6.10 Å². The molecule has 2 fully saturated rings. The van der Waals surface area contributed by atoms with Crippen LogP contribution in [0, 0.1) is 0 Å². The number of thioether (sulfide) groups is 1. The molecule has 0 aromatic carbocycles. The summed E-state index contributed by atoms with van der Waals surface area (Å²) in [6, 6.07) is 1.08. The van der Waals surface area contributed by atoms with Crippen LogP contribution >= 0.6 is 19.6 Å². The number of phosphoric ester groups is 1. The Morgan fingerprint density at radius 1 is 1.58 bits per heavy atom. The lowest BCUT2D eigenvalue weighted by Crippen LogP contribution is -2.46. The molecule has 0 saturated carbocycles. The molecule has 9 nitrogen and oxygen atoms in total. The molecule has 0 radical (unpaired) electrons. The van der Waals surface area contributed by atoms with Gasteiger partial charge in [0.15, 0.2) is 0 Å². The molecule has 3 rings (SSSR count). The standard InChI is InChI=1S/C12H16FN2O7PS/c1-6(2)21-23(19)20-5-12(13)9(22-23)8(17)10(24-12)15-4-3-7(16)14-11(15)18/h3-4,6,8-10,17H,5H2,1-2H3,(H,14,16,18)/t8?,9?,10-,12-,23?/m1/s1. The van der Waals surface area contributed by atoms with Crippen LogP contribution in [0.2, 0.25) is 0 Å². The topological polar surface area (TPSA) is 120 Å². The summed E-state index contributed by atoms with van der Waals surface area (Å²) in [5, 5.41) is 7.09. The maximum atomic E-state index is 15.0. The molecule has 2 saturated heterocycles. The summed E-state index contributed by atoms with van der Waals surface area (Å²) in [6.07, 6.45) is -2.36. The maximum Gasteiger partial charge on any atom is 0.475 e. The Morgan fingerprint density at radius 3 is 2.92 bits per heavy atom. The number of nitrogens with one attached hydrogen (secondary N) is 1. The molecule has 2 aliphatic rings. The zero-order chi connectivity index (χ0) is 17.7. The molecular weight excluding hydrogens is 366 g/mol. The zero-order valence-electron chi connectivity index (χ0n) is 12.7. The van der Waals surface area contributed by atoms with E-state index in [1.165, 1.54) is 0 Å². The molecule has 0 bridgehead atoms. The summed E-state index contributed by atoms with van der Waals surface area (Å²) in [6.45, 7) is 2.58. The number of aliphatic hydroxyl groups is 1. The zero-order valence-corrected chi connectivity index (χ0v) is 14.5. The molecule has 0 aliphatic carbocycles. The van der Waals surface area contributed by atoms with Gasteiger partial charge >= 0.3 is 13.5 Å². The average molecular weight is 382 g/mol. The van der Waals surface area contributed by atoms with Crippen molar-refractivity contribution in [2.45, 2.75) is 42.5 Å². The van der Waals surface area contributed by atoms with Gasteiger partial charge in [-0.15, -0.1) is 0 Å². The molecule has 0 spiro atoms. The van der Waals surface area contributed by atoms with Gasteiger partial charge in [0.1, 0.15) is 24.2 Å². The first-order chi connectivity index (χ1) is 11.1. The number of nitrogens with zero attached hydrogens (tertiary/aromatic N) is 1. The maximum absolute atomic E-state index is 15.0. The first-order valence-electron chi connectivity index (χ1n) is 7.11. The Balaban J connectivity index is 1.90. The number of halogens is 1. The van der Waals surface area contributed by atoms with Crippen LogP contribution in [0.3, 0.4) is 0 Å². The molecular formula is C12H16FN2O7PS. The van der Waals surface area contributed by atoms with Crippen LogP contribution in [-0.2, 0) is 18.1 Å². The Hall–Kier alpha value is -0.970. The summed E-state index contributed by atoms with van der Waals surface area (Å²) in [7, 11) is -4.02. The summed E-state index contributed by atoms with van der Waals surface area (Å²) in [5.74, 6) is 0. The van der Waals surface area contributed by atoms with Crippen LogP contribution in [-0.4, -0.2) is 44.6 Å². The second-order valence-corrected chi connectivity index (χ2v) is 8.68. The lowest BCUT2D eigenvalue weighted by Gasteiger charge is -2.35. The SMILES string of the molecule is CC(C)OP1(=O)OC[C@@]2(F)S[C@@H](n3ccc(=O)[nH]c3=O)C(O)C2O1. The fraction of sp³-hybridized carbons (Fsp3) is 0.667. The Labute approximate surface area is 139 Å². The van der Waals surface area contributed by atoms with Crippen LogP contribution in [0.4, 0.5) is 4.39 Å². The third-order valence-corrected chi connectivity index (χ3v) is 6.57. The van der Waals surface area contributed by atoms with Crippen molar-refractivity contribution >= 4 is 19.6 Å². The van der Waals surface area contributed by atoms with E-state index in [4.69, 9.17) is 13.6 Å². The highest BCUT2D eigenvalue weighted by atomic mass is 32.2. The summed E-state index contributed by atoms with van der Waals surface area (Å²) in [5.41, 5.74) is -1.42. The van der Waals surface area contributed by atoms with Crippen molar-refractivity contribution in [3.8, 4) is 0 Å². The van der Waals surface area contributed by atoms with Crippen molar-refractivity contribution in [2.24, 2.45) is 0 Å². The second kappa shape index (κ2) is 6.08. The summed E-state index contributed by atoms with van der Waals surface area (Å²) in [4.78, 5) is 25.0. The van der Waals surface area contributed by atoms with Gasteiger partial charge in [-0.2, -0.15) is 0 Å². The monoisotopic (exact) mass is 382 g/mol. The van der Waals surface area contributed by atoms with E-state index in [-0.39, 0.29) is 0 Å². The number of alkyl halides is 1. The lowest BCUT2D eigenvalue weighted by molar-refractivity contribution is -0.0895. The average Bonchev–Trinajstić information content (AvgIpc) is 2.71. The molecule has 0 amide bonds. The molecule has 134 valence electrons. The molecule has 3 heterocycles. The number of aromatic nitrogens is 2. The van der Waals surface area contributed by atoms with Crippen LogP contribution in [0.5, 0.6) is 0 Å². The van der Waals surface area contributed by atoms with Gasteiger partial charge in [-0.1, -0.05) is 11.8 Å². The molecule has 5 atom stereocenters. The van der Waals surface area contributed by atoms with Crippen molar-refractivity contribution in [3.63, 3.8) is 0 Å². The Kier molecular flexibility index (Phi) is 4.52.